The van der Waals surface area contributed by atoms with Crippen LogP contribution in [0, 0.1) is 22.7 Å². The van der Waals surface area contributed by atoms with Gasteiger partial charge in [0, 0.05) is 27.9 Å². The summed E-state index contributed by atoms with van der Waals surface area (Å²) in [6, 6.07) is 2.18. The number of aliphatic hydroxyl groups excluding tert-OH is 2. The fraction of sp³-hybridized carbons (Fsp3) is 0.531. The molecule has 6 heteroatoms. The van der Waals surface area contributed by atoms with Crippen molar-refractivity contribution < 1.29 is 29.7 Å². The first kappa shape index (κ1) is 26.6. The molecule has 0 bridgehead atoms. The zero-order chi connectivity index (χ0) is 28.3. The number of rotatable bonds is 3. The van der Waals surface area contributed by atoms with Crippen molar-refractivity contribution in [3.63, 3.8) is 0 Å². The fourth-order valence-corrected chi connectivity index (χ4v) is 8.37. The Hall–Kier alpha value is -2.99. The molecule has 1 unspecified atom stereocenters. The summed E-state index contributed by atoms with van der Waals surface area (Å²) in [4.78, 5) is 40.8. The number of carbonyl (C=O) groups excluding carboxylic acids is 3. The molecule has 0 aromatic heterocycles. The largest absolute Gasteiger partial charge is 0.511 e. The van der Waals surface area contributed by atoms with E-state index in [1.54, 1.807) is 6.92 Å². The van der Waals surface area contributed by atoms with Crippen LogP contribution in [0.2, 0.25) is 0 Å². The van der Waals surface area contributed by atoms with Gasteiger partial charge in [-0.15, -0.1) is 0 Å². The Morgan fingerprint density at radius 3 is 2.26 bits per heavy atom. The van der Waals surface area contributed by atoms with Gasteiger partial charge in [0.15, 0.2) is 17.2 Å². The number of carbonyl (C=O) groups is 3. The molecule has 3 N–H and O–H groups in total. The third-order valence-corrected chi connectivity index (χ3v) is 9.69. The van der Waals surface area contributed by atoms with E-state index in [1.165, 1.54) is 0 Å². The number of Topliss-reactive ketones (excluding diaryl/α,β-unsaturated/α-hetero) is 3. The van der Waals surface area contributed by atoms with Gasteiger partial charge in [-0.3, -0.25) is 14.4 Å². The number of benzene rings is 1. The molecule has 0 saturated carbocycles. The second kappa shape index (κ2) is 8.01. The van der Waals surface area contributed by atoms with Crippen molar-refractivity contribution in [2.45, 2.75) is 86.2 Å². The van der Waals surface area contributed by atoms with Crippen molar-refractivity contribution in [2.24, 2.45) is 22.7 Å². The smallest absolute Gasteiger partial charge is 0.209 e. The predicted octanol–water partition coefficient (Wildman–Crippen LogP) is 5.72. The standard InChI is InChI=1S/C32H38O6/c1-14(2)19-11-18-9-16(5)10-20(18)23-21(19)12-30(7)13-31(8)24(15(3)4)26(34)22(17(6)33)28(36)32(31,38)29(37)25(30)27(23)35/h9,11,14-15,24,34,37-38H,10,12-13H2,1-8H3/t24?,30-,31-,32+/m1/s1. The molecule has 38 heavy (non-hydrogen) atoms. The van der Waals surface area contributed by atoms with E-state index in [2.05, 4.69) is 26.0 Å². The van der Waals surface area contributed by atoms with Crippen LogP contribution < -0.4 is 0 Å². The number of hydrogen-bond donors (Lipinski definition) is 3. The van der Waals surface area contributed by atoms with Crippen LogP contribution in [0.3, 0.4) is 0 Å². The number of fused-ring (bicyclic) bond motifs is 5. The summed E-state index contributed by atoms with van der Waals surface area (Å²) >= 11 is 0. The van der Waals surface area contributed by atoms with Crippen LogP contribution in [0.1, 0.15) is 100 Å². The molecule has 0 aliphatic heterocycles. The zero-order valence-corrected chi connectivity index (χ0v) is 23.6. The third-order valence-electron chi connectivity index (χ3n) is 9.69. The first-order valence-corrected chi connectivity index (χ1v) is 13.6. The van der Waals surface area contributed by atoms with Crippen molar-refractivity contribution in [3.05, 3.63) is 62.1 Å². The van der Waals surface area contributed by atoms with Crippen LogP contribution in [0.15, 0.2) is 34.3 Å². The molecule has 0 saturated heterocycles. The van der Waals surface area contributed by atoms with Gasteiger partial charge >= 0.3 is 0 Å². The highest BCUT2D eigenvalue weighted by Gasteiger charge is 2.71. The molecular weight excluding hydrogens is 480 g/mol. The van der Waals surface area contributed by atoms with Crippen molar-refractivity contribution >= 4 is 23.4 Å². The van der Waals surface area contributed by atoms with E-state index < -0.39 is 45.2 Å². The minimum atomic E-state index is -2.51. The summed E-state index contributed by atoms with van der Waals surface area (Å²) in [7, 11) is 0. The molecular formula is C32H38O6. The third kappa shape index (κ3) is 3.07. The Labute approximate surface area is 224 Å². The highest BCUT2D eigenvalue weighted by atomic mass is 16.3. The molecule has 0 spiro atoms. The molecule has 202 valence electrons. The number of allylic oxidation sites excluding steroid dienone is 3. The van der Waals surface area contributed by atoms with Crippen LogP contribution in [-0.4, -0.2) is 38.3 Å². The molecule has 6 nitrogen and oxygen atoms in total. The second-order valence-corrected chi connectivity index (χ2v) is 13.2. The molecule has 4 aliphatic rings. The molecule has 4 aliphatic carbocycles. The topological polar surface area (TPSA) is 112 Å². The Kier molecular flexibility index (Phi) is 5.61. The maximum Gasteiger partial charge on any atom is 0.209 e. The van der Waals surface area contributed by atoms with E-state index in [9.17, 15) is 29.7 Å². The van der Waals surface area contributed by atoms with Gasteiger partial charge in [0.05, 0.1) is 0 Å². The first-order chi connectivity index (χ1) is 17.5. The maximum absolute atomic E-state index is 14.4. The quantitative estimate of drug-likeness (QED) is 0.441. The van der Waals surface area contributed by atoms with E-state index >= 15 is 0 Å². The maximum atomic E-state index is 14.4. The summed E-state index contributed by atoms with van der Waals surface area (Å²) in [6.45, 7) is 14.7. The second-order valence-electron chi connectivity index (χ2n) is 13.2. The molecule has 5 rings (SSSR count). The van der Waals surface area contributed by atoms with Crippen molar-refractivity contribution in [3.8, 4) is 0 Å². The normalized spacial score (nSPS) is 32.4. The summed E-state index contributed by atoms with van der Waals surface area (Å²) in [5.74, 6) is -3.96. The average Bonchev–Trinajstić information content (AvgIpc) is 3.14. The summed E-state index contributed by atoms with van der Waals surface area (Å²) in [5.41, 5.74) is 0.494. The predicted molar refractivity (Wildman–Crippen MR) is 145 cm³/mol. The lowest BCUT2D eigenvalue weighted by Crippen LogP contribution is -2.67. The van der Waals surface area contributed by atoms with Gasteiger partial charge in [0.25, 0.3) is 0 Å². The minimum absolute atomic E-state index is 0.0535. The average molecular weight is 519 g/mol. The lowest BCUT2D eigenvalue weighted by molar-refractivity contribution is -0.171. The molecule has 4 atom stereocenters. The van der Waals surface area contributed by atoms with Crippen LogP contribution in [0.25, 0.3) is 6.08 Å². The van der Waals surface area contributed by atoms with Gasteiger partial charge in [-0.2, -0.15) is 0 Å². The van der Waals surface area contributed by atoms with Crippen molar-refractivity contribution in [1.29, 1.82) is 0 Å². The molecule has 1 aromatic rings. The Bertz CT molecular complexity index is 1440. The Balaban J connectivity index is 1.84. The van der Waals surface area contributed by atoms with Crippen LogP contribution in [0.5, 0.6) is 0 Å². The molecule has 0 heterocycles. The van der Waals surface area contributed by atoms with E-state index in [4.69, 9.17) is 0 Å². The van der Waals surface area contributed by atoms with Crippen LogP contribution in [-0.2, 0) is 22.4 Å². The number of hydrogen-bond acceptors (Lipinski definition) is 6. The minimum Gasteiger partial charge on any atom is -0.511 e. The lowest BCUT2D eigenvalue weighted by atomic mass is 9.44. The van der Waals surface area contributed by atoms with Crippen LogP contribution >= 0.6 is 0 Å². The molecule has 0 amide bonds. The molecule has 0 radical (unpaired) electrons. The van der Waals surface area contributed by atoms with Gasteiger partial charge in [0.1, 0.15) is 17.1 Å². The lowest BCUT2D eigenvalue weighted by Gasteiger charge is -2.59. The zero-order valence-electron chi connectivity index (χ0n) is 23.6. The van der Waals surface area contributed by atoms with Crippen molar-refractivity contribution in [1.82, 2.24) is 0 Å². The summed E-state index contributed by atoms with van der Waals surface area (Å²) < 4.78 is 0. The number of ketones is 3. The first-order valence-electron chi connectivity index (χ1n) is 13.6. The van der Waals surface area contributed by atoms with E-state index in [-0.39, 0.29) is 35.4 Å². The van der Waals surface area contributed by atoms with Gasteiger partial charge in [-0.25, -0.2) is 0 Å². The fourth-order valence-electron chi connectivity index (χ4n) is 8.37. The van der Waals surface area contributed by atoms with E-state index in [1.807, 2.05) is 27.7 Å². The highest BCUT2D eigenvalue weighted by molar-refractivity contribution is 6.25. The van der Waals surface area contributed by atoms with Gasteiger partial charge < -0.3 is 15.3 Å². The van der Waals surface area contributed by atoms with Crippen LogP contribution in [0.4, 0.5) is 0 Å². The SMILES string of the molecule is CC(=O)C1=C(O)C(C(C)C)[C@@]2(C)C[C@@]3(C)Cc4c(C(C)C)cc5c(c4C(=O)C3=C(O)[C@@]2(O)C1=O)CC(C)=C5. The summed E-state index contributed by atoms with van der Waals surface area (Å²) in [5, 5.41) is 35.3. The Morgan fingerprint density at radius 2 is 1.71 bits per heavy atom. The van der Waals surface area contributed by atoms with E-state index in [0.717, 1.165) is 34.8 Å². The highest BCUT2D eigenvalue weighted by Crippen LogP contribution is 2.65. The molecule has 0 fully saturated rings. The van der Waals surface area contributed by atoms with E-state index in [0.29, 0.717) is 18.4 Å². The molecule has 1 aromatic carbocycles. The van der Waals surface area contributed by atoms with Gasteiger partial charge in [0.2, 0.25) is 5.78 Å². The Morgan fingerprint density at radius 1 is 1.08 bits per heavy atom. The number of aliphatic hydroxyl groups is 3. The monoisotopic (exact) mass is 518 g/mol. The van der Waals surface area contributed by atoms with Gasteiger partial charge in [-0.1, -0.05) is 59.3 Å². The summed E-state index contributed by atoms with van der Waals surface area (Å²) in [6.07, 6.45) is 3.36. The van der Waals surface area contributed by atoms with Crippen molar-refractivity contribution in [2.75, 3.05) is 0 Å². The van der Waals surface area contributed by atoms with Gasteiger partial charge in [-0.05, 0) is 67.2 Å².